The van der Waals surface area contributed by atoms with E-state index >= 15 is 0 Å². The molecule has 0 N–H and O–H groups in total. The van der Waals surface area contributed by atoms with Crippen molar-refractivity contribution in [2.45, 2.75) is 38.5 Å². The van der Waals surface area contributed by atoms with Crippen molar-refractivity contribution >= 4 is 21.6 Å². The Kier molecular flexibility index (Phi) is 6.85. The lowest BCUT2D eigenvalue weighted by atomic mass is 9.88. The molecule has 9 heteroatoms. The Morgan fingerprint density at radius 2 is 1.65 bits per heavy atom. The number of aromatic nitrogens is 1. The Bertz CT molecular complexity index is 1380. The number of anilines is 1. The second kappa shape index (κ2) is 9.95. The van der Waals surface area contributed by atoms with Crippen LogP contribution in [0.25, 0.3) is 0 Å². The predicted molar refractivity (Wildman–Crippen MR) is 142 cm³/mol. The van der Waals surface area contributed by atoms with Gasteiger partial charge in [0, 0.05) is 50.9 Å². The summed E-state index contributed by atoms with van der Waals surface area (Å²) >= 11 is 0. The van der Waals surface area contributed by atoms with Crippen molar-refractivity contribution < 1.29 is 17.7 Å². The summed E-state index contributed by atoms with van der Waals surface area (Å²) < 4.78 is 33.8. The average Bonchev–Trinajstić information content (AvgIpc) is 3.50. The fourth-order valence-electron chi connectivity index (χ4n) is 5.69. The van der Waals surface area contributed by atoms with Crippen molar-refractivity contribution in [3.63, 3.8) is 0 Å². The number of benzene rings is 2. The lowest BCUT2D eigenvalue weighted by Crippen LogP contribution is -2.51. The lowest BCUT2D eigenvalue weighted by molar-refractivity contribution is -0.135. The van der Waals surface area contributed by atoms with Crippen molar-refractivity contribution in [1.29, 1.82) is 0 Å². The summed E-state index contributed by atoms with van der Waals surface area (Å²) in [5.74, 6) is -0.386. The van der Waals surface area contributed by atoms with Gasteiger partial charge in [-0.3, -0.25) is 4.79 Å². The molecule has 3 aromatic rings. The number of carbonyl (C=O) groups excluding carboxylic acids is 1. The third-order valence-corrected chi connectivity index (χ3v) is 9.77. The van der Waals surface area contributed by atoms with Crippen LogP contribution >= 0.6 is 0 Å². The first-order valence-electron chi connectivity index (χ1n) is 12.8. The minimum absolute atomic E-state index is 0.0194. The zero-order valence-electron chi connectivity index (χ0n) is 21.8. The van der Waals surface area contributed by atoms with Crippen molar-refractivity contribution in [3.8, 4) is 0 Å². The maximum atomic E-state index is 13.9. The summed E-state index contributed by atoms with van der Waals surface area (Å²) in [5, 5.41) is 3.84. The van der Waals surface area contributed by atoms with Gasteiger partial charge in [0.2, 0.25) is 15.9 Å². The molecular formula is C28H34N4O4S. The molecule has 0 unspecified atom stereocenters. The van der Waals surface area contributed by atoms with Gasteiger partial charge < -0.3 is 14.3 Å². The summed E-state index contributed by atoms with van der Waals surface area (Å²) in [7, 11) is -3.85. The van der Waals surface area contributed by atoms with Crippen molar-refractivity contribution in [1.82, 2.24) is 14.4 Å². The zero-order valence-corrected chi connectivity index (χ0v) is 22.7. The van der Waals surface area contributed by atoms with E-state index < -0.39 is 15.9 Å². The van der Waals surface area contributed by atoms with Gasteiger partial charge >= 0.3 is 0 Å². The molecule has 0 aliphatic carbocycles. The van der Waals surface area contributed by atoms with Gasteiger partial charge in [0.25, 0.3) is 0 Å². The molecule has 1 aromatic heterocycles. The van der Waals surface area contributed by atoms with Crippen molar-refractivity contribution in [3.05, 3.63) is 76.7 Å². The Labute approximate surface area is 218 Å². The van der Waals surface area contributed by atoms with Crippen LogP contribution in [0.5, 0.6) is 0 Å². The van der Waals surface area contributed by atoms with Crippen LogP contribution in [0.4, 0.5) is 5.69 Å². The van der Waals surface area contributed by atoms with E-state index in [9.17, 15) is 13.2 Å². The molecule has 2 fully saturated rings. The maximum Gasteiger partial charge on any atom is 0.248 e. The summed E-state index contributed by atoms with van der Waals surface area (Å²) in [6.45, 7) is 10.6. The summed E-state index contributed by atoms with van der Waals surface area (Å²) in [4.78, 5) is 18.3. The lowest BCUT2D eigenvalue weighted by Gasteiger charge is -2.38. The third-order valence-electron chi connectivity index (χ3n) is 7.69. The highest BCUT2D eigenvalue weighted by Crippen LogP contribution is 2.38. The molecule has 196 valence electrons. The number of sulfonamides is 1. The largest absolute Gasteiger partial charge is 0.368 e. The van der Waals surface area contributed by atoms with Gasteiger partial charge in [-0.15, -0.1) is 0 Å². The van der Waals surface area contributed by atoms with Gasteiger partial charge in [0.1, 0.15) is 10.6 Å². The number of rotatable bonds is 5. The maximum absolute atomic E-state index is 13.9. The highest BCUT2D eigenvalue weighted by molar-refractivity contribution is 7.89. The number of hydrogen-bond acceptors (Lipinski definition) is 6. The standard InChI is InChI=1S/C28H34N4O4S/c1-19-10-11-20(2)26(16-19)30-12-14-31(15-13-30)28(33)25-18-32(17-24(25)23-8-6-5-7-9-23)37(34,35)27-21(3)29-36-22(27)4/h5-11,16,24-25H,12-15,17-18H2,1-4H3/t24-,25+/m0/s1. The Morgan fingerprint density at radius 1 is 0.946 bits per heavy atom. The molecule has 0 bridgehead atoms. The van der Waals surface area contributed by atoms with Gasteiger partial charge in [-0.25, -0.2) is 8.42 Å². The van der Waals surface area contributed by atoms with E-state index in [-0.39, 0.29) is 35.6 Å². The van der Waals surface area contributed by atoms with Crippen LogP contribution in [0.2, 0.25) is 0 Å². The quantitative estimate of drug-likeness (QED) is 0.508. The van der Waals surface area contributed by atoms with E-state index in [1.165, 1.54) is 21.1 Å². The highest BCUT2D eigenvalue weighted by atomic mass is 32.2. The molecule has 2 aromatic carbocycles. The van der Waals surface area contributed by atoms with E-state index in [1.54, 1.807) is 13.8 Å². The smallest absolute Gasteiger partial charge is 0.248 e. The van der Waals surface area contributed by atoms with Crippen molar-refractivity contribution in [2.75, 3.05) is 44.2 Å². The molecule has 1 amide bonds. The second-order valence-corrected chi connectivity index (χ2v) is 12.1. The molecule has 3 heterocycles. The van der Waals surface area contributed by atoms with E-state index in [1.807, 2.05) is 35.2 Å². The number of nitrogens with zero attached hydrogens (tertiary/aromatic N) is 4. The van der Waals surface area contributed by atoms with Gasteiger partial charge in [0.05, 0.1) is 5.92 Å². The molecule has 2 aliphatic heterocycles. The minimum atomic E-state index is -3.85. The first-order valence-corrected chi connectivity index (χ1v) is 14.2. The monoisotopic (exact) mass is 522 g/mol. The van der Waals surface area contributed by atoms with E-state index in [0.29, 0.717) is 18.8 Å². The third kappa shape index (κ3) is 4.78. The number of piperazine rings is 1. The number of aryl methyl sites for hydroxylation is 4. The number of hydrogen-bond donors (Lipinski definition) is 0. The molecule has 0 radical (unpaired) electrons. The molecule has 5 rings (SSSR count). The van der Waals surface area contributed by atoms with E-state index in [4.69, 9.17) is 4.52 Å². The molecule has 8 nitrogen and oxygen atoms in total. The predicted octanol–water partition coefficient (Wildman–Crippen LogP) is 3.66. The van der Waals surface area contributed by atoms with Crippen LogP contribution in [-0.2, 0) is 14.8 Å². The number of carbonyl (C=O) groups is 1. The van der Waals surface area contributed by atoms with Crippen LogP contribution < -0.4 is 4.90 Å². The zero-order chi connectivity index (χ0) is 26.3. The summed E-state index contributed by atoms with van der Waals surface area (Å²) in [6.07, 6.45) is 0. The number of amides is 1. The molecule has 2 atom stereocenters. The van der Waals surface area contributed by atoms with Crippen LogP contribution in [0.3, 0.4) is 0 Å². The molecule has 37 heavy (non-hydrogen) atoms. The average molecular weight is 523 g/mol. The highest BCUT2D eigenvalue weighted by Gasteiger charge is 2.46. The van der Waals surface area contributed by atoms with Crippen LogP contribution in [0, 0.1) is 33.6 Å². The first-order chi connectivity index (χ1) is 17.7. The molecule has 2 aliphatic rings. The SMILES string of the molecule is Cc1ccc(C)c(N2CCN(C(=O)[C@@H]3CN(S(=O)(=O)c4c(C)noc4C)C[C@H]3c3ccccc3)CC2)c1. The van der Waals surface area contributed by atoms with Gasteiger partial charge in [-0.1, -0.05) is 47.6 Å². The molecule has 0 spiro atoms. The van der Waals surface area contributed by atoms with E-state index in [0.717, 1.165) is 18.7 Å². The fourth-order valence-corrected chi connectivity index (χ4v) is 7.47. The first kappa shape index (κ1) is 25.5. The van der Waals surface area contributed by atoms with Gasteiger partial charge in [-0.2, -0.15) is 4.31 Å². The normalized spacial score (nSPS) is 21.0. The molecule has 0 saturated carbocycles. The Hall–Kier alpha value is -3.17. The Morgan fingerprint density at radius 3 is 2.30 bits per heavy atom. The topological polar surface area (TPSA) is 87.0 Å². The molecule has 2 saturated heterocycles. The van der Waals surface area contributed by atoms with E-state index in [2.05, 4.69) is 42.1 Å². The van der Waals surface area contributed by atoms with Crippen LogP contribution in [0.1, 0.15) is 34.1 Å². The van der Waals surface area contributed by atoms with Crippen LogP contribution in [0.15, 0.2) is 57.9 Å². The van der Waals surface area contributed by atoms with Gasteiger partial charge in [0.15, 0.2) is 5.76 Å². The summed E-state index contributed by atoms with van der Waals surface area (Å²) in [6, 6.07) is 16.2. The molecular weight excluding hydrogens is 488 g/mol. The second-order valence-electron chi connectivity index (χ2n) is 10.2. The van der Waals surface area contributed by atoms with Gasteiger partial charge in [-0.05, 0) is 50.5 Å². The minimum Gasteiger partial charge on any atom is -0.368 e. The Balaban J connectivity index is 1.37. The van der Waals surface area contributed by atoms with Crippen LogP contribution in [-0.4, -0.2) is 68.0 Å². The fraction of sp³-hybridized carbons (Fsp3) is 0.429. The summed E-state index contributed by atoms with van der Waals surface area (Å²) in [5.41, 5.74) is 4.98. The van der Waals surface area contributed by atoms with Crippen molar-refractivity contribution in [2.24, 2.45) is 5.92 Å².